The van der Waals surface area contributed by atoms with Crippen molar-refractivity contribution in [2.45, 2.75) is 33.7 Å². The molecule has 3 heterocycles. The number of hydrogen-bond donors (Lipinski definition) is 1. The number of anilines is 1. The summed E-state index contributed by atoms with van der Waals surface area (Å²) in [6.45, 7) is 6.45. The van der Waals surface area contributed by atoms with Gasteiger partial charge in [0.2, 0.25) is 5.95 Å². The molecule has 0 atom stereocenters. The molecule has 2 N–H and O–H groups in total. The van der Waals surface area contributed by atoms with Crippen LogP contribution >= 0.6 is 11.6 Å². The molecule has 9 nitrogen and oxygen atoms in total. The second-order valence-electron chi connectivity index (χ2n) is 6.68. The molecule has 3 rings (SSSR count). The summed E-state index contributed by atoms with van der Waals surface area (Å²) in [7, 11) is 1.64. The van der Waals surface area contributed by atoms with Crippen molar-refractivity contribution in [3.63, 3.8) is 0 Å². The normalized spacial score (nSPS) is 11.0. The van der Waals surface area contributed by atoms with Crippen molar-refractivity contribution in [3.05, 3.63) is 39.9 Å². The van der Waals surface area contributed by atoms with Crippen LogP contribution in [0.3, 0.4) is 0 Å². The number of halogens is 1. The largest absolute Gasteiger partial charge is 0.508 e. The van der Waals surface area contributed by atoms with Crippen molar-refractivity contribution < 1.29 is 19.0 Å². The molecular formula is C20H24ClN5O4. The summed E-state index contributed by atoms with van der Waals surface area (Å²) in [5, 5.41) is 0.906. The summed E-state index contributed by atoms with van der Waals surface area (Å²) in [6, 6.07) is 0. The Labute approximate surface area is 179 Å². The number of nitrogen functional groups attached to an aromatic ring is 1. The standard InChI is InChI=1S/C20H24ClN5O4/c1-5-29-20(27)30-7-6-13-9-26(18-15(13)17(21)24-19(22)25-18)10-14-12(3)16(28-4)11(2)8-23-14/h8-9H,5-7,10H2,1-4H3,(H2,22,24,25). The molecule has 3 aromatic rings. The molecule has 0 spiro atoms. The summed E-state index contributed by atoms with van der Waals surface area (Å²) in [5.74, 6) is 0.874. The van der Waals surface area contributed by atoms with E-state index in [1.807, 2.05) is 24.6 Å². The third kappa shape index (κ3) is 4.40. The van der Waals surface area contributed by atoms with Crippen LogP contribution in [0, 0.1) is 13.8 Å². The number of carbonyl (C=O) groups is 1. The molecule has 3 aromatic heterocycles. The van der Waals surface area contributed by atoms with Crippen molar-refractivity contribution in [3.8, 4) is 5.75 Å². The highest BCUT2D eigenvalue weighted by molar-refractivity contribution is 6.34. The maximum absolute atomic E-state index is 11.4. The predicted octanol–water partition coefficient (Wildman–Crippen LogP) is 3.45. The van der Waals surface area contributed by atoms with Crippen molar-refractivity contribution in [2.75, 3.05) is 26.1 Å². The Hall–Kier alpha value is -3.07. The molecule has 0 fully saturated rings. The molecule has 160 valence electrons. The van der Waals surface area contributed by atoms with Gasteiger partial charge >= 0.3 is 6.16 Å². The minimum atomic E-state index is -0.709. The van der Waals surface area contributed by atoms with Crippen LogP contribution in [0.25, 0.3) is 11.0 Å². The average Bonchev–Trinajstić information content (AvgIpc) is 3.02. The zero-order valence-electron chi connectivity index (χ0n) is 17.4. The lowest BCUT2D eigenvalue weighted by atomic mass is 10.1. The molecule has 0 aromatic carbocycles. The van der Waals surface area contributed by atoms with E-state index in [9.17, 15) is 4.79 Å². The number of pyridine rings is 1. The van der Waals surface area contributed by atoms with Gasteiger partial charge < -0.3 is 24.5 Å². The van der Waals surface area contributed by atoms with Crippen LogP contribution in [-0.4, -0.2) is 46.0 Å². The number of fused-ring (bicyclic) bond motifs is 1. The number of hydrogen-bond acceptors (Lipinski definition) is 8. The molecule has 0 saturated carbocycles. The van der Waals surface area contributed by atoms with E-state index in [4.69, 9.17) is 31.5 Å². The minimum Gasteiger partial charge on any atom is -0.496 e. The highest BCUT2D eigenvalue weighted by Gasteiger charge is 2.18. The van der Waals surface area contributed by atoms with E-state index in [0.29, 0.717) is 24.0 Å². The van der Waals surface area contributed by atoms with Crippen molar-refractivity contribution in [1.82, 2.24) is 19.5 Å². The SMILES string of the molecule is CCOC(=O)OCCc1cn(Cc2ncc(C)c(OC)c2C)c2nc(N)nc(Cl)c12. The number of methoxy groups -OCH3 is 1. The van der Waals surface area contributed by atoms with Gasteiger partial charge in [0.1, 0.15) is 16.5 Å². The summed E-state index contributed by atoms with van der Waals surface area (Å²) in [6.07, 6.45) is 3.38. The second kappa shape index (κ2) is 9.17. The zero-order valence-corrected chi connectivity index (χ0v) is 18.1. The average molecular weight is 434 g/mol. The first-order valence-corrected chi connectivity index (χ1v) is 9.82. The predicted molar refractivity (Wildman–Crippen MR) is 113 cm³/mol. The Morgan fingerprint density at radius 1 is 1.27 bits per heavy atom. The van der Waals surface area contributed by atoms with Crippen molar-refractivity contribution >= 4 is 34.7 Å². The fourth-order valence-corrected chi connectivity index (χ4v) is 3.63. The first kappa shape index (κ1) is 21.6. The van der Waals surface area contributed by atoms with Crippen molar-refractivity contribution in [2.24, 2.45) is 0 Å². The van der Waals surface area contributed by atoms with E-state index in [2.05, 4.69) is 15.0 Å². The lowest BCUT2D eigenvalue weighted by Gasteiger charge is -2.13. The van der Waals surface area contributed by atoms with Crippen LogP contribution in [0.4, 0.5) is 10.7 Å². The molecule has 0 unspecified atom stereocenters. The Morgan fingerprint density at radius 2 is 2.03 bits per heavy atom. The first-order chi connectivity index (χ1) is 14.3. The number of carbonyl (C=O) groups excluding carboxylic acids is 1. The van der Waals surface area contributed by atoms with Gasteiger partial charge in [0, 0.05) is 29.9 Å². The Bertz CT molecular complexity index is 1080. The van der Waals surface area contributed by atoms with E-state index < -0.39 is 6.16 Å². The topological polar surface area (TPSA) is 114 Å². The summed E-state index contributed by atoms with van der Waals surface area (Å²) in [4.78, 5) is 24.4. The van der Waals surface area contributed by atoms with E-state index >= 15 is 0 Å². The molecule has 30 heavy (non-hydrogen) atoms. The van der Waals surface area contributed by atoms with Crippen LogP contribution < -0.4 is 10.5 Å². The van der Waals surface area contributed by atoms with Gasteiger partial charge in [-0.25, -0.2) is 9.78 Å². The summed E-state index contributed by atoms with van der Waals surface area (Å²) < 4.78 is 17.3. The second-order valence-corrected chi connectivity index (χ2v) is 7.04. The number of nitrogens with two attached hydrogens (primary N) is 1. The smallest absolute Gasteiger partial charge is 0.496 e. The maximum atomic E-state index is 11.4. The van der Waals surface area contributed by atoms with Gasteiger partial charge in [-0.15, -0.1) is 0 Å². The van der Waals surface area contributed by atoms with Gasteiger partial charge in [0.25, 0.3) is 0 Å². The van der Waals surface area contributed by atoms with Crippen LogP contribution in [0.2, 0.25) is 5.15 Å². The van der Waals surface area contributed by atoms with Crippen LogP contribution in [0.1, 0.15) is 29.3 Å². The zero-order chi connectivity index (χ0) is 21.8. The van der Waals surface area contributed by atoms with Crippen LogP contribution in [0.5, 0.6) is 5.75 Å². The Morgan fingerprint density at radius 3 is 2.73 bits per heavy atom. The molecule has 10 heteroatoms. The van der Waals surface area contributed by atoms with E-state index in [-0.39, 0.29) is 24.3 Å². The fraction of sp³-hybridized carbons (Fsp3) is 0.400. The van der Waals surface area contributed by atoms with Gasteiger partial charge in [0.15, 0.2) is 0 Å². The number of ether oxygens (including phenoxy) is 3. The number of aromatic nitrogens is 4. The van der Waals surface area contributed by atoms with Crippen molar-refractivity contribution in [1.29, 1.82) is 0 Å². The highest BCUT2D eigenvalue weighted by atomic mass is 35.5. The first-order valence-electron chi connectivity index (χ1n) is 9.45. The lowest BCUT2D eigenvalue weighted by Crippen LogP contribution is -2.09. The van der Waals surface area contributed by atoms with Crippen LogP contribution in [-0.2, 0) is 22.4 Å². The third-order valence-electron chi connectivity index (χ3n) is 4.69. The summed E-state index contributed by atoms with van der Waals surface area (Å²) >= 11 is 6.36. The fourth-order valence-electron chi connectivity index (χ4n) is 3.34. The maximum Gasteiger partial charge on any atom is 0.508 e. The van der Waals surface area contributed by atoms with E-state index in [0.717, 1.165) is 28.1 Å². The van der Waals surface area contributed by atoms with Gasteiger partial charge in [0.05, 0.1) is 37.9 Å². The quantitative estimate of drug-likeness (QED) is 0.445. The molecule has 0 radical (unpaired) electrons. The molecular weight excluding hydrogens is 410 g/mol. The Kier molecular flexibility index (Phi) is 6.61. The minimum absolute atomic E-state index is 0.0762. The van der Waals surface area contributed by atoms with Gasteiger partial charge in [-0.1, -0.05) is 11.6 Å². The molecule has 0 saturated heterocycles. The van der Waals surface area contributed by atoms with Gasteiger partial charge in [-0.2, -0.15) is 4.98 Å². The Balaban J connectivity index is 1.96. The molecule has 0 aliphatic rings. The number of rotatable bonds is 7. The number of aryl methyl sites for hydroxylation is 1. The highest BCUT2D eigenvalue weighted by Crippen LogP contribution is 2.30. The summed E-state index contributed by atoms with van der Waals surface area (Å²) in [5.41, 5.74) is 9.97. The van der Waals surface area contributed by atoms with Crippen LogP contribution in [0.15, 0.2) is 12.4 Å². The number of nitrogens with zero attached hydrogens (tertiary/aromatic N) is 4. The monoisotopic (exact) mass is 433 g/mol. The van der Waals surface area contributed by atoms with E-state index in [1.165, 1.54) is 0 Å². The lowest BCUT2D eigenvalue weighted by molar-refractivity contribution is 0.0600. The van der Waals surface area contributed by atoms with Gasteiger partial charge in [-0.05, 0) is 26.3 Å². The van der Waals surface area contributed by atoms with Gasteiger partial charge in [-0.3, -0.25) is 4.98 Å². The molecule has 0 amide bonds. The third-order valence-corrected chi connectivity index (χ3v) is 4.96. The molecule has 0 aliphatic carbocycles. The molecule has 0 aliphatic heterocycles. The van der Waals surface area contributed by atoms with E-state index in [1.54, 1.807) is 20.2 Å². The molecule has 0 bridgehead atoms.